The van der Waals surface area contributed by atoms with Crippen LogP contribution in [-0.2, 0) is 17.5 Å². The molecule has 1 fully saturated rings. The van der Waals surface area contributed by atoms with E-state index in [0.29, 0.717) is 12.2 Å². The van der Waals surface area contributed by atoms with Crippen molar-refractivity contribution in [2.75, 3.05) is 39.5 Å². The van der Waals surface area contributed by atoms with Gasteiger partial charge in [0.05, 0.1) is 24.8 Å². The number of amides is 2. The highest BCUT2D eigenvalue weighted by Crippen LogP contribution is 2.30. The van der Waals surface area contributed by atoms with E-state index in [1.807, 2.05) is 24.3 Å². The van der Waals surface area contributed by atoms with Gasteiger partial charge in [-0.1, -0.05) is 24.3 Å². The lowest BCUT2D eigenvalue weighted by Crippen LogP contribution is -2.38. The number of morpholine rings is 1. The normalized spacial score (nSPS) is 15.8. The van der Waals surface area contributed by atoms with E-state index in [1.165, 1.54) is 6.07 Å². The average molecular weight is 451 g/mol. The highest BCUT2D eigenvalue weighted by molar-refractivity contribution is 5.74. The first-order valence-corrected chi connectivity index (χ1v) is 10.5. The second-order valence-electron chi connectivity index (χ2n) is 7.62. The Morgan fingerprint density at radius 2 is 1.91 bits per heavy atom. The molecule has 1 unspecified atom stereocenters. The van der Waals surface area contributed by atoms with Gasteiger partial charge in [-0.3, -0.25) is 4.90 Å². The molecule has 6 nitrogen and oxygen atoms in total. The number of urea groups is 1. The third kappa shape index (κ3) is 7.42. The number of carbonyl (C=O) groups excluding carboxylic acids is 1. The summed E-state index contributed by atoms with van der Waals surface area (Å²) in [6.07, 6.45) is -4.42. The fraction of sp³-hybridized carbons (Fsp3) is 0.435. The Kier molecular flexibility index (Phi) is 8.35. The summed E-state index contributed by atoms with van der Waals surface area (Å²) < 4.78 is 49.8. The van der Waals surface area contributed by atoms with Gasteiger partial charge in [0, 0.05) is 26.2 Å². The van der Waals surface area contributed by atoms with Crippen molar-refractivity contribution in [3.05, 3.63) is 65.2 Å². The predicted octanol–water partition coefficient (Wildman–Crippen LogP) is 3.98. The van der Waals surface area contributed by atoms with Gasteiger partial charge in [0.2, 0.25) is 0 Å². The van der Waals surface area contributed by atoms with Gasteiger partial charge in [0.15, 0.2) is 0 Å². The zero-order valence-electron chi connectivity index (χ0n) is 18.0. The Balaban J connectivity index is 1.44. The Hall–Kier alpha value is -2.78. The van der Waals surface area contributed by atoms with Crippen LogP contribution < -0.4 is 15.4 Å². The fourth-order valence-electron chi connectivity index (χ4n) is 3.36. The molecule has 2 aromatic carbocycles. The van der Waals surface area contributed by atoms with Gasteiger partial charge in [0.1, 0.15) is 12.4 Å². The third-order valence-corrected chi connectivity index (χ3v) is 5.19. The highest BCUT2D eigenvalue weighted by Gasteiger charge is 2.30. The number of carbonyl (C=O) groups is 1. The lowest BCUT2D eigenvalue weighted by molar-refractivity contribution is -0.137. The van der Waals surface area contributed by atoms with Crippen LogP contribution in [0.3, 0.4) is 0 Å². The van der Waals surface area contributed by atoms with Crippen LogP contribution in [0, 0.1) is 0 Å². The van der Waals surface area contributed by atoms with Gasteiger partial charge in [-0.25, -0.2) is 4.79 Å². The zero-order valence-corrected chi connectivity index (χ0v) is 18.0. The minimum atomic E-state index is -4.42. The molecule has 0 spiro atoms. The van der Waals surface area contributed by atoms with E-state index in [-0.39, 0.29) is 6.54 Å². The van der Waals surface area contributed by atoms with Crippen LogP contribution in [0.1, 0.15) is 29.7 Å². The topological polar surface area (TPSA) is 62.8 Å². The van der Waals surface area contributed by atoms with Gasteiger partial charge in [-0.2, -0.15) is 13.2 Å². The number of nitrogens with one attached hydrogen (secondary N) is 2. The van der Waals surface area contributed by atoms with Gasteiger partial charge in [-0.15, -0.1) is 0 Å². The number of alkyl halides is 3. The standard InChI is InChI=1S/C23H28F3N3O3/c1-17(19-5-3-6-20(15-19)23(24,25)26)28-22(30)27-16-18-4-2-7-21(14-18)32-13-10-29-8-11-31-12-9-29/h2-7,14-15,17H,8-13,16H2,1H3,(H2,27,28,30). The molecule has 1 aliphatic heterocycles. The summed E-state index contributed by atoms with van der Waals surface area (Å²) >= 11 is 0. The molecular formula is C23H28F3N3O3. The van der Waals surface area contributed by atoms with Crippen molar-refractivity contribution < 1.29 is 27.4 Å². The molecular weight excluding hydrogens is 423 g/mol. The molecule has 0 aliphatic carbocycles. The molecule has 32 heavy (non-hydrogen) atoms. The van der Waals surface area contributed by atoms with Gasteiger partial charge in [-0.05, 0) is 42.3 Å². The molecule has 1 aliphatic rings. The van der Waals surface area contributed by atoms with Crippen LogP contribution in [0.15, 0.2) is 48.5 Å². The number of halogens is 3. The van der Waals surface area contributed by atoms with Crippen LogP contribution in [0.25, 0.3) is 0 Å². The monoisotopic (exact) mass is 451 g/mol. The van der Waals surface area contributed by atoms with E-state index in [2.05, 4.69) is 15.5 Å². The van der Waals surface area contributed by atoms with Crippen molar-refractivity contribution in [1.29, 1.82) is 0 Å². The van der Waals surface area contributed by atoms with Gasteiger partial charge < -0.3 is 20.1 Å². The maximum atomic E-state index is 12.9. The summed E-state index contributed by atoms with van der Waals surface area (Å²) in [6.45, 7) is 6.58. The lowest BCUT2D eigenvalue weighted by atomic mass is 10.1. The second kappa shape index (κ2) is 11.2. The summed E-state index contributed by atoms with van der Waals surface area (Å²) in [4.78, 5) is 14.5. The molecule has 2 aromatic rings. The number of rotatable bonds is 8. The summed E-state index contributed by atoms with van der Waals surface area (Å²) in [7, 11) is 0. The first-order chi connectivity index (χ1) is 15.3. The Morgan fingerprint density at radius 1 is 1.16 bits per heavy atom. The van der Waals surface area contributed by atoms with Crippen molar-refractivity contribution in [3.63, 3.8) is 0 Å². The smallest absolute Gasteiger partial charge is 0.416 e. The summed E-state index contributed by atoms with van der Waals surface area (Å²) in [5.74, 6) is 0.718. The number of hydrogen-bond donors (Lipinski definition) is 2. The molecule has 0 bridgehead atoms. The zero-order chi connectivity index (χ0) is 23.0. The van der Waals surface area contributed by atoms with Crippen molar-refractivity contribution in [3.8, 4) is 5.75 Å². The Bertz CT molecular complexity index is 886. The molecule has 1 atom stereocenters. The van der Waals surface area contributed by atoms with Crippen LogP contribution in [0.2, 0.25) is 0 Å². The molecule has 0 radical (unpaired) electrons. The molecule has 0 aromatic heterocycles. The van der Waals surface area contributed by atoms with E-state index < -0.39 is 23.8 Å². The van der Waals surface area contributed by atoms with Crippen LogP contribution in [0.4, 0.5) is 18.0 Å². The molecule has 3 rings (SSSR count). The van der Waals surface area contributed by atoms with E-state index in [0.717, 1.165) is 56.3 Å². The molecule has 1 saturated heterocycles. The van der Waals surface area contributed by atoms with E-state index >= 15 is 0 Å². The highest BCUT2D eigenvalue weighted by atomic mass is 19.4. The Morgan fingerprint density at radius 3 is 2.66 bits per heavy atom. The average Bonchev–Trinajstić information content (AvgIpc) is 2.78. The number of nitrogens with zero attached hydrogens (tertiary/aromatic N) is 1. The third-order valence-electron chi connectivity index (χ3n) is 5.19. The van der Waals surface area contributed by atoms with Crippen LogP contribution >= 0.6 is 0 Å². The lowest BCUT2D eigenvalue weighted by Gasteiger charge is -2.26. The van der Waals surface area contributed by atoms with E-state index in [4.69, 9.17) is 9.47 Å². The van der Waals surface area contributed by atoms with Crippen LogP contribution in [0.5, 0.6) is 5.75 Å². The maximum Gasteiger partial charge on any atom is 0.416 e. The molecule has 0 saturated carbocycles. The number of benzene rings is 2. The Labute approximate surface area is 185 Å². The first-order valence-electron chi connectivity index (χ1n) is 10.5. The molecule has 9 heteroatoms. The molecule has 1 heterocycles. The fourth-order valence-corrected chi connectivity index (χ4v) is 3.36. The summed E-state index contributed by atoms with van der Waals surface area (Å²) in [6, 6.07) is 11.3. The first kappa shape index (κ1) is 23.9. The molecule has 2 N–H and O–H groups in total. The van der Waals surface area contributed by atoms with Crippen molar-refractivity contribution in [1.82, 2.24) is 15.5 Å². The summed E-state index contributed by atoms with van der Waals surface area (Å²) in [5.41, 5.74) is 0.496. The van der Waals surface area contributed by atoms with Crippen LogP contribution in [-0.4, -0.2) is 50.4 Å². The second-order valence-corrected chi connectivity index (χ2v) is 7.62. The summed E-state index contributed by atoms with van der Waals surface area (Å²) in [5, 5.41) is 5.40. The van der Waals surface area contributed by atoms with E-state index in [9.17, 15) is 18.0 Å². The minimum absolute atomic E-state index is 0.266. The van der Waals surface area contributed by atoms with Gasteiger partial charge >= 0.3 is 12.2 Å². The van der Waals surface area contributed by atoms with Crippen molar-refractivity contribution >= 4 is 6.03 Å². The number of ether oxygens (including phenoxy) is 2. The van der Waals surface area contributed by atoms with E-state index in [1.54, 1.807) is 13.0 Å². The molecule has 2 amide bonds. The minimum Gasteiger partial charge on any atom is -0.492 e. The predicted molar refractivity (Wildman–Crippen MR) is 114 cm³/mol. The largest absolute Gasteiger partial charge is 0.492 e. The molecule has 174 valence electrons. The SMILES string of the molecule is CC(NC(=O)NCc1cccc(OCCN2CCOCC2)c1)c1cccc(C(F)(F)F)c1. The van der Waals surface area contributed by atoms with Crippen molar-refractivity contribution in [2.24, 2.45) is 0 Å². The quantitative estimate of drug-likeness (QED) is 0.638. The maximum absolute atomic E-state index is 12.9. The number of hydrogen-bond acceptors (Lipinski definition) is 4. The van der Waals surface area contributed by atoms with Crippen molar-refractivity contribution in [2.45, 2.75) is 25.7 Å². The van der Waals surface area contributed by atoms with Gasteiger partial charge in [0.25, 0.3) is 0 Å².